The van der Waals surface area contributed by atoms with Gasteiger partial charge in [-0.3, -0.25) is 33.7 Å². The lowest BCUT2D eigenvalue weighted by molar-refractivity contribution is -0.212. The first kappa shape index (κ1) is 47.1. The van der Waals surface area contributed by atoms with E-state index in [4.69, 9.17) is 16.0 Å². The molecule has 15 heteroatoms. The molecule has 0 bridgehead atoms. The molecule has 2 aliphatic rings. The minimum absolute atomic E-state index is 0.0915. The molecule has 1 aromatic rings. The van der Waals surface area contributed by atoms with Gasteiger partial charge in [-0.2, -0.15) is 0 Å². The molecular weight excluding hydrogens is 751 g/mol. The number of terminal acetylenes is 1. The highest BCUT2D eigenvalue weighted by Gasteiger charge is 2.40. The molecule has 1 aromatic carbocycles. The van der Waals surface area contributed by atoms with Crippen molar-refractivity contribution >= 4 is 41.4 Å². The number of amides is 3. The summed E-state index contributed by atoms with van der Waals surface area (Å²) in [5.74, 6) is -0.128. The van der Waals surface area contributed by atoms with E-state index < -0.39 is 58.8 Å². The van der Waals surface area contributed by atoms with E-state index in [-0.39, 0.29) is 48.8 Å². The van der Waals surface area contributed by atoms with Crippen molar-refractivity contribution in [3.63, 3.8) is 0 Å². The summed E-state index contributed by atoms with van der Waals surface area (Å²) in [6, 6.07) is 4.13. The van der Waals surface area contributed by atoms with Crippen LogP contribution >= 0.6 is 11.8 Å². The van der Waals surface area contributed by atoms with E-state index in [1.165, 1.54) is 35.9 Å². The maximum atomic E-state index is 14.5. The second-order valence-electron chi connectivity index (χ2n) is 16.0. The lowest BCUT2D eigenvalue weighted by atomic mass is 9.84. The Balaban J connectivity index is 1.84. The molecular formula is C42H63N5O9S. The Labute approximate surface area is 342 Å². The number of phenols is 1. The number of benzene rings is 1. The molecule has 1 fully saturated rings. The molecule has 316 valence electrons. The highest BCUT2D eigenvalue weighted by Crippen LogP contribution is 2.31. The number of carbonyl (C=O) groups excluding carboxylic acids is 4. The fraction of sp³-hybridized carbons (Fsp3) is 0.643. The Hall–Kier alpha value is -4.26. The largest absolute Gasteiger partial charge is 0.508 e. The first-order valence-electron chi connectivity index (χ1n) is 20.0. The fourth-order valence-electron chi connectivity index (χ4n) is 7.08. The topological polar surface area (TPSA) is 187 Å². The third-order valence-electron chi connectivity index (χ3n) is 10.3. The van der Waals surface area contributed by atoms with Gasteiger partial charge in [0.15, 0.2) is 0 Å². The van der Waals surface area contributed by atoms with Crippen molar-refractivity contribution in [3.8, 4) is 18.1 Å². The third-order valence-corrected chi connectivity index (χ3v) is 11.4. The summed E-state index contributed by atoms with van der Waals surface area (Å²) < 4.78 is 5.87. The summed E-state index contributed by atoms with van der Waals surface area (Å²) in [6.45, 7) is 11.3. The van der Waals surface area contributed by atoms with Gasteiger partial charge in [-0.25, -0.2) is 5.06 Å². The number of carboxylic acid groups (broad SMARTS) is 1. The van der Waals surface area contributed by atoms with Crippen molar-refractivity contribution in [2.75, 3.05) is 20.2 Å². The molecule has 0 spiro atoms. The number of likely N-dealkylation sites (N-methyl/N-ethyl adjacent to an activating group) is 1. The van der Waals surface area contributed by atoms with Gasteiger partial charge in [0.2, 0.25) is 5.91 Å². The van der Waals surface area contributed by atoms with E-state index in [2.05, 4.69) is 21.9 Å². The molecule has 1 saturated heterocycles. The Bertz CT molecular complexity index is 1590. The number of aromatic hydroxyl groups is 1. The molecule has 2 heterocycles. The van der Waals surface area contributed by atoms with E-state index in [0.29, 0.717) is 38.5 Å². The first-order valence-corrected chi connectivity index (χ1v) is 20.9. The summed E-state index contributed by atoms with van der Waals surface area (Å²) in [5, 5.41) is 31.1. The molecule has 57 heavy (non-hydrogen) atoms. The van der Waals surface area contributed by atoms with Crippen molar-refractivity contribution < 1.29 is 43.8 Å². The summed E-state index contributed by atoms with van der Waals surface area (Å²) in [7, 11) is 1.92. The highest BCUT2D eigenvalue weighted by atomic mass is 32.2. The van der Waals surface area contributed by atoms with Crippen molar-refractivity contribution in [3.05, 3.63) is 40.9 Å². The van der Waals surface area contributed by atoms with Crippen LogP contribution in [0.15, 0.2) is 35.4 Å². The van der Waals surface area contributed by atoms with Crippen molar-refractivity contribution in [1.29, 1.82) is 0 Å². The molecule has 2 aliphatic heterocycles. The number of nitrogens with one attached hydrogen (secondary N) is 3. The van der Waals surface area contributed by atoms with Crippen LogP contribution in [-0.2, 0) is 40.0 Å². The summed E-state index contributed by atoms with van der Waals surface area (Å²) in [5.41, 5.74) is -0.131. The van der Waals surface area contributed by atoms with Gasteiger partial charge in [0.05, 0.1) is 24.1 Å². The Kier molecular flexibility index (Phi) is 18.7. The number of aliphatic carboxylic acids is 1. The van der Waals surface area contributed by atoms with E-state index in [0.717, 1.165) is 24.9 Å². The number of esters is 1. The third kappa shape index (κ3) is 14.6. The number of piperidine rings is 1. The van der Waals surface area contributed by atoms with Crippen LogP contribution in [0.25, 0.3) is 0 Å². The average molecular weight is 814 g/mol. The predicted octanol–water partition coefficient (Wildman–Crippen LogP) is 4.71. The van der Waals surface area contributed by atoms with E-state index in [1.807, 2.05) is 32.7 Å². The van der Waals surface area contributed by atoms with Gasteiger partial charge in [-0.1, -0.05) is 45.7 Å². The second-order valence-corrected chi connectivity index (χ2v) is 17.0. The molecule has 0 aliphatic carbocycles. The quantitative estimate of drug-likeness (QED) is 0.0471. The van der Waals surface area contributed by atoms with Gasteiger partial charge in [-0.05, 0) is 89.6 Å². The van der Waals surface area contributed by atoms with Crippen molar-refractivity contribution in [2.45, 2.75) is 141 Å². The predicted molar refractivity (Wildman–Crippen MR) is 219 cm³/mol. The molecule has 14 nitrogen and oxygen atoms in total. The number of hydroxylamine groups is 2. The number of nitrogens with zero attached hydrogens (tertiary/aromatic N) is 2. The van der Waals surface area contributed by atoms with Gasteiger partial charge in [0.25, 0.3) is 11.8 Å². The SMILES string of the molecule is C#CCCCON(C(=O)[C@H](CCC)NC(=O)[C@H]1CCCCN1C)[C@H](CC(OC(C)=O)C1NC(C(=O)N[C@@H](Cc2ccc(O)cc2)CC(C)(C)C(=O)O)=CS1)C(C)C. The Morgan fingerprint density at radius 2 is 1.84 bits per heavy atom. The van der Waals surface area contributed by atoms with E-state index >= 15 is 0 Å². The van der Waals surface area contributed by atoms with Crippen LogP contribution in [0.1, 0.15) is 105 Å². The maximum Gasteiger partial charge on any atom is 0.309 e. The van der Waals surface area contributed by atoms with Crippen LogP contribution in [-0.4, -0.2) is 106 Å². The summed E-state index contributed by atoms with van der Waals surface area (Å²) in [6.07, 6.45) is 9.87. The molecule has 0 aromatic heterocycles. The number of ether oxygens (including phenoxy) is 1. The smallest absolute Gasteiger partial charge is 0.309 e. The molecule has 0 radical (unpaired) electrons. The Morgan fingerprint density at radius 1 is 1.14 bits per heavy atom. The van der Waals surface area contributed by atoms with Crippen LogP contribution in [0, 0.1) is 23.7 Å². The number of rotatable bonds is 22. The number of carboxylic acids is 1. The summed E-state index contributed by atoms with van der Waals surface area (Å²) >= 11 is 1.26. The van der Waals surface area contributed by atoms with Gasteiger partial charge in [0, 0.05) is 31.2 Å². The number of hydrogen-bond acceptors (Lipinski definition) is 11. The van der Waals surface area contributed by atoms with Crippen molar-refractivity contribution in [2.24, 2.45) is 11.3 Å². The van der Waals surface area contributed by atoms with Gasteiger partial charge in [-0.15, -0.1) is 24.1 Å². The molecule has 3 rings (SSSR count). The lowest BCUT2D eigenvalue weighted by Crippen LogP contribution is -2.57. The lowest BCUT2D eigenvalue weighted by Gasteiger charge is -2.38. The van der Waals surface area contributed by atoms with Crippen molar-refractivity contribution in [1.82, 2.24) is 25.9 Å². The number of hydrogen-bond donors (Lipinski definition) is 5. The van der Waals surface area contributed by atoms with E-state index in [9.17, 15) is 34.2 Å². The number of likely N-dealkylation sites (tertiary alicyclic amines) is 1. The zero-order valence-corrected chi connectivity index (χ0v) is 35.4. The minimum Gasteiger partial charge on any atom is -0.508 e. The van der Waals surface area contributed by atoms with Crippen LogP contribution in [0.5, 0.6) is 5.75 Å². The fourth-order valence-corrected chi connectivity index (χ4v) is 8.07. The zero-order chi connectivity index (χ0) is 42.3. The normalized spacial score (nSPS) is 19.2. The van der Waals surface area contributed by atoms with Crippen LogP contribution in [0.4, 0.5) is 0 Å². The number of carbonyl (C=O) groups is 5. The molecule has 5 N–H and O–H groups in total. The Morgan fingerprint density at radius 3 is 2.44 bits per heavy atom. The highest BCUT2D eigenvalue weighted by molar-refractivity contribution is 8.03. The molecule has 6 atom stereocenters. The monoisotopic (exact) mass is 813 g/mol. The maximum absolute atomic E-state index is 14.5. The van der Waals surface area contributed by atoms with Crippen LogP contribution in [0.2, 0.25) is 0 Å². The van der Waals surface area contributed by atoms with E-state index in [1.54, 1.807) is 31.4 Å². The molecule has 0 saturated carbocycles. The standard InChI is InChI=1S/C42H63N5O9S/c1-9-11-14-22-55-47(40(52)32(15-10-2)44-38(51)34-16-12-13-21-46(34)8)35(27(3)4)24-36(56-28(5)48)39-45-33(26-57-39)37(50)43-30(25-42(6,7)41(53)54)23-29-17-19-31(49)20-18-29/h1,17-20,26-27,30,32,34-36,39,45,49H,10-16,21-25H2,2-8H3,(H,43,50)(H,44,51)(H,53,54)/t30-,32-,34+,35+,36?,39?/m0/s1. The van der Waals surface area contributed by atoms with Crippen LogP contribution < -0.4 is 16.0 Å². The van der Waals surface area contributed by atoms with Gasteiger partial charge < -0.3 is 30.9 Å². The second kappa shape index (κ2) is 22.6. The average Bonchev–Trinajstić information content (AvgIpc) is 3.65. The first-order chi connectivity index (χ1) is 27.0. The van der Waals surface area contributed by atoms with Gasteiger partial charge >= 0.3 is 11.9 Å². The van der Waals surface area contributed by atoms with Crippen LogP contribution in [0.3, 0.4) is 0 Å². The van der Waals surface area contributed by atoms with Gasteiger partial charge in [0.1, 0.15) is 29.0 Å². The number of phenolic OH excluding ortho intramolecular Hbond substituents is 1. The number of unbranched alkanes of at least 4 members (excludes halogenated alkanes) is 1. The summed E-state index contributed by atoms with van der Waals surface area (Å²) in [4.78, 5) is 74.6. The number of thioether (sulfide) groups is 1. The minimum atomic E-state index is -1.15. The molecule has 3 amide bonds. The molecule has 2 unspecified atom stereocenters. The zero-order valence-electron chi connectivity index (χ0n) is 34.5.